The van der Waals surface area contributed by atoms with E-state index in [0.717, 1.165) is 42.5 Å². The van der Waals surface area contributed by atoms with Crippen LogP contribution in [0.25, 0.3) is 5.69 Å². The van der Waals surface area contributed by atoms with Gasteiger partial charge in [-0.05, 0) is 37.6 Å². The first-order valence-electron chi connectivity index (χ1n) is 7.28. The molecule has 1 N–H and O–H groups in total. The van der Waals surface area contributed by atoms with Crippen molar-refractivity contribution in [2.24, 2.45) is 0 Å². The Balaban J connectivity index is 2.28. The van der Waals surface area contributed by atoms with Gasteiger partial charge >= 0.3 is 0 Å². The van der Waals surface area contributed by atoms with E-state index in [1.807, 2.05) is 18.3 Å². The number of nitrogens with zero attached hydrogens (tertiary/aromatic N) is 2. The smallest absolute Gasteiger partial charge is 0.0660 e. The molecule has 108 valence electrons. The van der Waals surface area contributed by atoms with Crippen LogP contribution in [0.15, 0.2) is 34.9 Å². The SMILES string of the molecule is CCCNCc1cnn(-c2cccc(Br)c2)c1CCC. The third-order valence-electron chi connectivity index (χ3n) is 3.24. The van der Waals surface area contributed by atoms with Gasteiger partial charge in [-0.15, -0.1) is 0 Å². The molecule has 0 radical (unpaired) electrons. The summed E-state index contributed by atoms with van der Waals surface area (Å²) in [5.74, 6) is 0. The highest BCUT2D eigenvalue weighted by molar-refractivity contribution is 9.10. The van der Waals surface area contributed by atoms with Crippen LogP contribution in [0.1, 0.15) is 37.9 Å². The van der Waals surface area contributed by atoms with Crippen LogP contribution in [0.4, 0.5) is 0 Å². The monoisotopic (exact) mass is 335 g/mol. The standard InChI is InChI=1S/C16H22BrN3/c1-3-6-16-13(11-18-9-4-2)12-19-20(16)15-8-5-7-14(17)10-15/h5,7-8,10,12,18H,3-4,6,9,11H2,1-2H3. The minimum absolute atomic E-state index is 0.900. The van der Waals surface area contributed by atoms with Gasteiger partial charge in [0.2, 0.25) is 0 Å². The van der Waals surface area contributed by atoms with Crippen LogP contribution < -0.4 is 5.32 Å². The highest BCUT2D eigenvalue weighted by Gasteiger charge is 2.11. The highest BCUT2D eigenvalue weighted by Crippen LogP contribution is 2.20. The molecule has 0 fully saturated rings. The molecule has 0 saturated heterocycles. The molecule has 0 unspecified atom stereocenters. The molecule has 2 rings (SSSR count). The molecule has 0 bridgehead atoms. The third kappa shape index (κ3) is 3.70. The average Bonchev–Trinajstić information content (AvgIpc) is 2.83. The van der Waals surface area contributed by atoms with E-state index >= 15 is 0 Å². The topological polar surface area (TPSA) is 29.9 Å². The summed E-state index contributed by atoms with van der Waals surface area (Å²) >= 11 is 3.53. The second kappa shape index (κ2) is 7.60. The van der Waals surface area contributed by atoms with Gasteiger partial charge in [0.15, 0.2) is 0 Å². The fourth-order valence-electron chi connectivity index (χ4n) is 2.29. The molecule has 0 aliphatic rings. The zero-order chi connectivity index (χ0) is 14.4. The molecule has 1 aromatic carbocycles. The zero-order valence-corrected chi connectivity index (χ0v) is 13.8. The first kappa shape index (κ1) is 15.3. The summed E-state index contributed by atoms with van der Waals surface area (Å²) in [6.45, 7) is 6.34. The quantitative estimate of drug-likeness (QED) is 0.772. The largest absolute Gasteiger partial charge is 0.313 e. The van der Waals surface area contributed by atoms with E-state index in [-0.39, 0.29) is 0 Å². The molecule has 2 aromatic rings. The van der Waals surface area contributed by atoms with E-state index in [0.29, 0.717) is 0 Å². The maximum absolute atomic E-state index is 4.58. The van der Waals surface area contributed by atoms with Gasteiger partial charge in [0.25, 0.3) is 0 Å². The molecule has 20 heavy (non-hydrogen) atoms. The maximum Gasteiger partial charge on any atom is 0.0660 e. The molecule has 0 atom stereocenters. The Bertz CT molecular complexity index is 548. The average molecular weight is 336 g/mol. The Labute approximate surface area is 129 Å². The number of aromatic nitrogens is 2. The molecule has 0 saturated carbocycles. The van der Waals surface area contributed by atoms with Gasteiger partial charge in [-0.2, -0.15) is 5.10 Å². The lowest BCUT2D eigenvalue weighted by Crippen LogP contribution is -2.15. The second-order valence-electron chi connectivity index (χ2n) is 4.93. The van der Waals surface area contributed by atoms with Crippen molar-refractivity contribution in [1.29, 1.82) is 0 Å². The van der Waals surface area contributed by atoms with Crippen molar-refractivity contribution >= 4 is 15.9 Å². The minimum atomic E-state index is 0.900. The number of nitrogens with one attached hydrogen (secondary N) is 1. The van der Waals surface area contributed by atoms with Gasteiger partial charge in [0.1, 0.15) is 0 Å². The van der Waals surface area contributed by atoms with Gasteiger partial charge in [-0.1, -0.05) is 42.3 Å². The van der Waals surface area contributed by atoms with Crippen molar-refractivity contribution in [1.82, 2.24) is 15.1 Å². The van der Waals surface area contributed by atoms with Crippen molar-refractivity contribution in [3.63, 3.8) is 0 Å². The maximum atomic E-state index is 4.58. The van der Waals surface area contributed by atoms with Crippen LogP contribution in [0.5, 0.6) is 0 Å². The van der Waals surface area contributed by atoms with Gasteiger partial charge < -0.3 is 5.32 Å². The summed E-state index contributed by atoms with van der Waals surface area (Å²) in [5, 5.41) is 8.04. The Morgan fingerprint density at radius 2 is 2.10 bits per heavy atom. The van der Waals surface area contributed by atoms with E-state index in [9.17, 15) is 0 Å². The first-order chi connectivity index (χ1) is 9.76. The van der Waals surface area contributed by atoms with Crippen LogP contribution >= 0.6 is 15.9 Å². The summed E-state index contributed by atoms with van der Waals surface area (Å²) in [6, 6.07) is 8.29. The molecular formula is C16H22BrN3. The number of benzene rings is 1. The van der Waals surface area contributed by atoms with Gasteiger partial charge in [0, 0.05) is 22.3 Å². The van der Waals surface area contributed by atoms with E-state index in [1.54, 1.807) is 0 Å². The molecule has 1 heterocycles. The number of hydrogen-bond acceptors (Lipinski definition) is 2. The van der Waals surface area contributed by atoms with Crippen molar-refractivity contribution in [3.8, 4) is 5.69 Å². The van der Waals surface area contributed by atoms with Crippen LogP contribution in [0, 0.1) is 0 Å². The summed E-state index contributed by atoms with van der Waals surface area (Å²) in [4.78, 5) is 0. The normalized spacial score (nSPS) is 10.9. The van der Waals surface area contributed by atoms with E-state index in [1.165, 1.54) is 11.3 Å². The Kier molecular flexibility index (Phi) is 5.80. The Morgan fingerprint density at radius 1 is 1.25 bits per heavy atom. The first-order valence-corrected chi connectivity index (χ1v) is 8.08. The van der Waals surface area contributed by atoms with Crippen molar-refractivity contribution in [3.05, 3.63) is 46.2 Å². The van der Waals surface area contributed by atoms with Crippen LogP contribution in [0.2, 0.25) is 0 Å². The molecule has 1 aromatic heterocycles. The molecule has 0 aliphatic carbocycles. The number of hydrogen-bond donors (Lipinski definition) is 1. The zero-order valence-electron chi connectivity index (χ0n) is 12.2. The summed E-state index contributed by atoms with van der Waals surface area (Å²) in [7, 11) is 0. The fraction of sp³-hybridized carbons (Fsp3) is 0.438. The predicted octanol–water partition coefficient (Wildman–Crippen LogP) is 4.09. The lowest BCUT2D eigenvalue weighted by Gasteiger charge is -2.10. The second-order valence-corrected chi connectivity index (χ2v) is 5.85. The van der Waals surface area contributed by atoms with Crippen LogP contribution in [-0.2, 0) is 13.0 Å². The van der Waals surface area contributed by atoms with Crippen LogP contribution in [-0.4, -0.2) is 16.3 Å². The summed E-state index contributed by atoms with van der Waals surface area (Å²) < 4.78 is 3.15. The van der Waals surface area contributed by atoms with Crippen molar-refractivity contribution in [2.75, 3.05) is 6.54 Å². The van der Waals surface area contributed by atoms with Crippen molar-refractivity contribution in [2.45, 2.75) is 39.7 Å². The lowest BCUT2D eigenvalue weighted by atomic mass is 10.1. The number of halogens is 1. The van der Waals surface area contributed by atoms with Gasteiger partial charge in [-0.25, -0.2) is 4.68 Å². The summed E-state index contributed by atoms with van der Waals surface area (Å²) in [6.07, 6.45) is 5.33. The van der Waals surface area contributed by atoms with Gasteiger partial charge in [-0.3, -0.25) is 0 Å². The third-order valence-corrected chi connectivity index (χ3v) is 3.73. The molecular weight excluding hydrogens is 314 g/mol. The summed E-state index contributed by atoms with van der Waals surface area (Å²) in [5.41, 5.74) is 3.74. The number of rotatable bonds is 7. The fourth-order valence-corrected chi connectivity index (χ4v) is 2.68. The van der Waals surface area contributed by atoms with Crippen molar-refractivity contribution < 1.29 is 0 Å². The van der Waals surface area contributed by atoms with Gasteiger partial charge in [0.05, 0.1) is 11.9 Å². The molecule has 0 aliphatic heterocycles. The Morgan fingerprint density at radius 3 is 2.80 bits per heavy atom. The molecule has 4 heteroatoms. The van der Waals surface area contributed by atoms with E-state index in [2.05, 4.69) is 57.0 Å². The molecule has 0 spiro atoms. The molecule has 0 amide bonds. The van der Waals surface area contributed by atoms with Crippen LogP contribution in [0.3, 0.4) is 0 Å². The highest BCUT2D eigenvalue weighted by atomic mass is 79.9. The lowest BCUT2D eigenvalue weighted by molar-refractivity contribution is 0.666. The van der Waals surface area contributed by atoms with E-state index < -0.39 is 0 Å². The van der Waals surface area contributed by atoms with E-state index in [4.69, 9.17) is 0 Å². The predicted molar refractivity (Wildman–Crippen MR) is 87.3 cm³/mol. The Hall–Kier alpha value is -1.13. The minimum Gasteiger partial charge on any atom is -0.313 e. The molecule has 3 nitrogen and oxygen atoms in total.